The molecule has 5 atom stereocenters. The van der Waals surface area contributed by atoms with Crippen molar-refractivity contribution in [2.45, 2.75) is 61.2 Å². The number of hydrogen-bond acceptors (Lipinski definition) is 6. The lowest BCUT2D eigenvalue weighted by Crippen LogP contribution is -2.60. The molecule has 0 saturated carbocycles. The highest BCUT2D eigenvalue weighted by Gasteiger charge is 2.49. The molecular formula is C34H34O5S. The zero-order valence-corrected chi connectivity index (χ0v) is 23.2. The monoisotopic (exact) mass is 554 g/mol. The van der Waals surface area contributed by atoms with Crippen LogP contribution in [0.5, 0.6) is 0 Å². The second kappa shape index (κ2) is 13.6. The first kappa shape index (κ1) is 27.2. The molecule has 0 bridgehead atoms. The summed E-state index contributed by atoms with van der Waals surface area (Å²) in [5.41, 5.74) is 4.20. The fraction of sp³-hybridized carbons (Fsp3) is 0.294. The van der Waals surface area contributed by atoms with Gasteiger partial charge < -0.3 is 23.7 Å². The van der Waals surface area contributed by atoms with Gasteiger partial charge >= 0.3 is 0 Å². The summed E-state index contributed by atoms with van der Waals surface area (Å²) in [4.78, 5) is 1.12. The van der Waals surface area contributed by atoms with Gasteiger partial charge in [0.15, 0.2) is 0 Å². The number of rotatable bonds is 9. The van der Waals surface area contributed by atoms with Gasteiger partial charge in [-0.15, -0.1) is 0 Å². The van der Waals surface area contributed by atoms with E-state index in [9.17, 15) is 0 Å². The Bertz CT molecular complexity index is 1320. The topological polar surface area (TPSA) is 46.2 Å². The standard InChI is InChI=1S/C34H34O5S/c1-4-12-25(13-5-1)20-35-24-30-31(36-21-26-14-6-2-7-15-26)32-33(34(39-30)40-29-18-8-3-9-19-29)38-23-28-17-11-10-16-27(28)22-37-32/h1-19,30-34H,20-24H2/t30-,31-,32+,33-,34+/m1/s1. The molecule has 0 unspecified atom stereocenters. The minimum absolute atomic E-state index is 0.292. The molecule has 2 aliphatic heterocycles. The van der Waals surface area contributed by atoms with Crippen molar-refractivity contribution in [3.8, 4) is 0 Å². The minimum Gasteiger partial charge on any atom is -0.374 e. The minimum atomic E-state index is -0.376. The molecule has 206 valence electrons. The van der Waals surface area contributed by atoms with Crippen LogP contribution in [0.4, 0.5) is 0 Å². The van der Waals surface area contributed by atoms with E-state index in [1.54, 1.807) is 11.8 Å². The van der Waals surface area contributed by atoms with Crippen LogP contribution in [0.1, 0.15) is 22.3 Å². The zero-order valence-electron chi connectivity index (χ0n) is 22.3. The quantitative estimate of drug-likeness (QED) is 0.227. The third-order valence-electron chi connectivity index (χ3n) is 7.25. The molecule has 0 aromatic heterocycles. The molecule has 0 aliphatic carbocycles. The average molecular weight is 555 g/mol. The Balaban J connectivity index is 1.27. The van der Waals surface area contributed by atoms with Gasteiger partial charge in [-0.2, -0.15) is 0 Å². The van der Waals surface area contributed by atoms with E-state index in [-0.39, 0.29) is 29.9 Å². The maximum absolute atomic E-state index is 6.79. The van der Waals surface area contributed by atoms with Crippen LogP contribution in [-0.2, 0) is 50.1 Å². The second-order valence-corrected chi connectivity index (χ2v) is 11.2. The Morgan fingerprint density at radius 3 is 1.82 bits per heavy atom. The van der Waals surface area contributed by atoms with Crippen LogP contribution in [0.2, 0.25) is 0 Å². The van der Waals surface area contributed by atoms with Crippen molar-refractivity contribution in [2.75, 3.05) is 6.61 Å². The Hall–Kier alpha value is -2.97. The Morgan fingerprint density at radius 1 is 0.625 bits per heavy atom. The van der Waals surface area contributed by atoms with Crippen molar-refractivity contribution >= 4 is 11.8 Å². The molecule has 0 N–H and O–H groups in total. The summed E-state index contributed by atoms with van der Waals surface area (Å²) in [6, 6.07) is 39.0. The van der Waals surface area contributed by atoms with Gasteiger partial charge in [-0.05, 0) is 34.4 Å². The molecule has 0 radical (unpaired) electrons. The van der Waals surface area contributed by atoms with Gasteiger partial charge in [-0.3, -0.25) is 0 Å². The number of ether oxygens (including phenoxy) is 5. The molecule has 5 nitrogen and oxygen atoms in total. The number of hydrogen-bond donors (Lipinski definition) is 0. The molecular weight excluding hydrogens is 520 g/mol. The summed E-state index contributed by atoms with van der Waals surface area (Å²) in [7, 11) is 0. The second-order valence-electron chi connectivity index (χ2n) is 10.1. The number of benzene rings is 4. The normalized spacial score (nSPS) is 24.4. The van der Waals surface area contributed by atoms with Crippen LogP contribution in [-0.4, -0.2) is 36.5 Å². The smallest absolute Gasteiger partial charge is 0.137 e. The molecule has 4 aromatic rings. The fourth-order valence-corrected chi connectivity index (χ4v) is 6.30. The first-order valence-corrected chi connectivity index (χ1v) is 14.7. The van der Waals surface area contributed by atoms with E-state index in [1.807, 2.05) is 66.7 Å². The number of thioether (sulfide) groups is 1. The van der Waals surface area contributed by atoms with E-state index in [1.165, 1.54) is 0 Å². The molecule has 4 aromatic carbocycles. The molecule has 40 heavy (non-hydrogen) atoms. The Labute approximate surface area is 240 Å². The van der Waals surface area contributed by atoms with Gasteiger partial charge in [0.1, 0.15) is 29.9 Å². The van der Waals surface area contributed by atoms with E-state index in [0.717, 1.165) is 27.1 Å². The first-order valence-electron chi connectivity index (χ1n) is 13.8. The van der Waals surface area contributed by atoms with Gasteiger partial charge in [0, 0.05) is 4.90 Å². The third-order valence-corrected chi connectivity index (χ3v) is 8.40. The summed E-state index contributed by atoms with van der Waals surface area (Å²) in [5.74, 6) is 0. The average Bonchev–Trinajstić information content (AvgIpc) is 2.99. The molecule has 6 rings (SSSR count). The summed E-state index contributed by atoms with van der Waals surface area (Å²) in [6.45, 7) is 2.32. The zero-order chi connectivity index (χ0) is 27.0. The third kappa shape index (κ3) is 6.84. The van der Waals surface area contributed by atoms with Crippen molar-refractivity contribution in [1.82, 2.24) is 0 Å². The fourth-order valence-electron chi connectivity index (χ4n) is 5.15. The van der Waals surface area contributed by atoms with Crippen LogP contribution < -0.4 is 0 Å². The van der Waals surface area contributed by atoms with Crippen LogP contribution in [0.3, 0.4) is 0 Å². The van der Waals surface area contributed by atoms with Crippen molar-refractivity contribution in [3.63, 3.8) is 0 Å². The lowest BCUT2D eigenvalue weighted by molar-refractivity contribution is -0.257. The van der Waals surface area contributed by atoms with Gasteiger partial charge in [-0.1, -0.05) is 115 Å². The summed E-state index contributed by atoms with van der Waals surface area (Å²) >= 11 is 1.66. The lowest BCUT2D eigenvalue weighted by atomic mass is 9.98. The molecule has 1 saturated heterocycles. The summed E-state index contributed by atoms with van der Waals surface area (Å²) < 4.78 is 32.9. The molecule has 2 aliphatic rings. The van der Waals surface area contributed by atoms with Gasteiger partial charge in [0.2, 0.25) is 0 Å². The SMILES string of the molecule is c1ccc(COC[C@H]2O[C@@H](Sc3ccccc3)[C@@H]3OCc4ccccc4CO[C@H]3[C@@H]2OCc2ccccc2)cc1. The van der Waals surface area contributed by atoms with E-state index in [0.29, 0.717) is 33.0 Å². The molecule has 0 spiro atoms. The highest BCUT2D eigenvalue weighted by molar-refractivity contribution is 7.99. The summed E-state index contributed by atoms with van der Waals surface area (Å²) in [5, 5.41) is 0. The van der Waals surface area contributed by atoms with E-state index in [2.05, 4.69) is 48.5 Å². The van der Waals surface area contributed by atoms with Crippen LogP contribution in [0.25, 0.3) is 0 Å². The predicted octanol–water partition coefficient (Wildman–Crippen LogP) is 6.79. The van der Waals surface area contributed by atoms with Crippen molar-refractivity contribution in [1.29, 1.82) is 0 Å². The van der Waals surface area contributed by atoms with Gasteiger partial charge in [0.05, 0.1) is 33.0 Å². The van der Waals surface area contributed by atoms with E-state index >= 15 is 0 Å². The predicted molar refractivity (Wildman–Crippen MR) is 156 cm³/mol. The maximum atomic E-state index is 6.79. The van der Waals surface area contributed by atoms with Gasteiger partial charge in [-0.25, -0.2) is 0 Å². The van der Waals surface area contributed by atoms with Crippen molar-refractivity contribution in [2.24, 2.45) is 0 Å². The molecule has 1 fully saturated rings. The van der Waals surface area contributed by atoms with Crippen LogP contribution in [0.15, 0.2) is 120 Å². The highest BCUT2D eigenvalue weighted by Crippen LogP contribution is 2.39. The maximum Gasteiger partial charge on any atom is 0.137 e. The number of fused-ring (bicyclic) bond motifs is 2. The van der Waals surface area contributed by atoms with E-state index in [4.69, 9.17) is 23.7 Å². The first-order chi connectivity index (χ1) is 19.8. The van der Waals surface area contributed by atoms with Crippen molar-refractivity contribution in [3.05, 3.63) is 138 Å². The van der Waals surface area contributed by atoms with Crippen LogP contribution in [0, 0.1) is 0 Å². The van der Waals surface area contributed by atoms with Gasteiger partial charge in [0.25, 0.3) is 0 Å². The Morgan fingerprint density at radius 2 is 1.18 bits per heavy atom. The highest BCUT2D eigenvalue weighted by atomic mass is 32.2. The largest absolute Gasteiger partial charge is 0.374 e. The molecule has 6 heteroatoms. The van der Waals surface area contributed by atoms with Crippen molar-refractivity contribution < 1.29 is 23.7 Å². The Kier molecular flexibility index (Phi) is 9.25. The van der Waals surface area contributed by atoms with E-state index < -0.39 is 0 Å². The van der Waals surface area contributed by atoms with Crippen LogP contribution >= 0.6 is 11.8 Å². The molecule has 2 heterocycles. The summed E-state index contributed by atoms with van der Waals surface area (Å²) in [6.07, 6.45) is -1.38. The molecule has 0 amide bonds. The lowest BCUT2D eigenvalue weighted by Gasteiger charge is -2.46.